The maximum atomic E-state index is 4.71. The van der Waals surface area contributed by atoms with Crippen molar-refractivity contribution in [1.82, 2.24) is 9.97 Å². The molecule has 2 rings (SSSR count). The molecule has 0 unspecified atom stereocenters. The SMILES string of the molecule is CNc1nc(C2CC2)nc(NCC(C)(C)SC)c1C. The van der Waals surface area contributed by atoms with Crippen molar-refractivity contribution < 1.29 is 0 Å². The fraction of sp³-hybridized carbons (Fsp3) is 0.714. The van der Waals surface area contributed by atoms with E-state index in [-0.39, 0.29) is 4.75 Å². The zero-order valence-electron chi connectivity index (χ0n) is 12.5. The summed E-state index contributed by atoms with van der Waals surface area (Å²) in [5.74, 6) is 3.48. The van der Waals surface area contributed by atoms with E-state index >= 15 is 0 Å². The molecule has 1 aliphatic carbocycles. The molecule has 0 saturated heterocycles. The van der Waals surface area contributed by atoms with Gasteiger partial charge in [0, 0.05) is 29.8 Å². The normalized spacial score (nSPS) is 15.4. The minimum absolute atomic E-state index is 0.205. The minimum Gasteiger partial charge on any atom is -0.373 e. The number of nitrogens with one attached hydrogen (secondary N) is 2. The molecule has 5 heteroatoms. The number of rotatable bonds is 6. The van der Waals surface area contributed by atoms with E-state index in [0.717, 1.165) is 29.6 Å². The van der Waals surface area contributed by atoms with Crippen LogP contribution in [-0.2, 0) is 0 Å². The van der Waals surface area contributed by atoms with Crippen LogP contribution in [0.1, 0.15) is 44.0 Å². The van der Waals surface area contributed by atoms with Gasteiger partial charge in [-0.25, -0.2) is 9.97 Å². The molecule has 1 aromatic heterocycles. The molecule has 0 atom stereocenters. The van der Waals surface area contributed by atoms with Gasteiger partial charge in [0.15, 0.2) is 0 Å². The number of hydrogen-bond acceptors (Lipinski definition) is 5. The third-order valence-electron chi connectivity index (χ3n) is 3.58. The van der Waals surface area contributed by atoms with Crippen LogP contribution in [0.15, 0.2) is 0 Å². The highest BCUT2D eigenvalue weighted by Crippen LogP contribution is 2.39. The Kier molecular flexibility index (Phi) is 4.23. The number of thioether (sulfide) groups is 1. The summed E-state index contributed by atoms with van der Waals surface area (Å²) in [7, 11) is 1.92. The van der Waals surface area contributed by atoms with Gasteiger partial charge in [0.1, 0.15) is 17.5 Å². The third-order valence-corrected chi connectivity index (χ3v) is 4.83. The second kappa shape index (κ2) is 5.57. The van der Waals surface area contributed by atoms with E-state index in [1.165, 1.54) is 12.8 Å². The summed E-state index contributed by atoms with van der Waals surface area (Å²) in [6, 6.07) is 0. The van der Waals surface area contributed by atoms with Crippen molar-refractivity contribution in [3.63, 3.8) is 0 Å². The number of nitrogens with zero attached hydrogens (tertiary/aromatic N) is 2. The summed E-state index contributed by atoms with van der Waals surface area (Å²) in [6.07, 6.45) is 4.59. The van der Waals surface area contributed by atoms with Crippen LogP contribution < -0.4 is 10.6 Å². The van der Waals surface area contributed by atoms with Crippen LogP contribution in [0.5, 0.6) is 0 Å². The van der Waals surface area contributed by atoms with E-state index in [0.29, 0.717) is 5.92 Å². The van der Waals surface area contributed by atoms with Crippen molar-refractivity contribution in [3.8, 4) is 0 Å². The van der Waals surface area contributed by atoms with Gasteiger partial charge in [-0.3, -0.25) is 0 Å². The highest BCUT2D eigenvalue weighted by Gasteiger charge is 2.28. The zero-order chi connectivity index (χ0) is 14.0. The Morgan fingerprint density at radius 1 is 1.26 bits per heavy atom. The first-order chi connectivity index (χ1) is 8.96. The van der Waals surface area contributed by atoms with Gasteiger partial charge in [0.25, 0.3) is 0 Å². The first kappa shape index (κ1) is 14.4. The molecule has 4 nitrogen and oxygen atoms in total. The maximum absolute atomic E-state index is 4.71. The van der Waals surface area contributed by atoms with Crippen LogP contribution >= 0.6 is 11.8 Å². The summed E-state index contributed by atoms with van der Waals surface area (Å²) in [6.45, 7) is 7.44. The van der Waals surface area contributed by atoms with Crippen LogP contribution in [0.2, 0.25) is 0 Å². The van der Waals surface area contributed by atoms with Crippen molar-refractivity contribution in [3.05, 3.63) is 11.4 Å². The Labute approximate surface area is 120 Å². The third kappa shape index (κ3) is 3.53. The van der Waals surface area contributed by atoms with E-state index in [9.17, 15) is 0 Å². The van der Waals surface area contributed by atoms with E-state index in [2.05, 4.69) is 42.6 Å². The van der Waals surface area contributed by atoms with Crippen molar-refractivity contribution in [1.29, 1.82) is 0 Å². The average molecular weight is 280 g/mol. The lowest BCUT2D eigenvalue weighted by molar-refractivity contribution is 0.747. The average Bonchev–Trinajstić information content (AvgIpc) is 3.22. The second-order valence-corrected chi connectivity index (χ2v) is 7.26. The van der Waals surface area contributed by atoms with Gasteiger partial charge in [-0.05, 0) is 39.9 Å². The Morgan fingerprint density at radius 3 is 2.42 bits per heavy atom. The van der Waals surface area contributed by atoms with Crippen molar-refractivity contribution >= 4 is 23.4 Å². The van der Waals surface area contributed by atoms with Gasteiger partial charge in [0.05, 0.1) is 0 Å². The van der Waals surface area contributed by atoms with Gasteiger partial charge in [0.2, 0.25) is 0 Å². The monoisotopic (exact) mass is 280 g/mol. The number of aromatic nitrogens is 2. The largest absolute Gasteiger partial charge is 0.373 e. The quantitative estimate of drug-likeness (QED) is 0.837. The van der Waals surface area contributed by atoms with Crippen LogP contribution in [-0.4, -0.2) is 34.6 Å². The van der Waals surface area contributed by atoms with Gasteiger partial charge >= 0.3 is 0 Å². The zero-order valence-corrected chi connectivity index (χ0v) is 13.3. The molecule has 19 heavy (non-hydrogen) atoms. The molecule has 1 heterocycles. The van der Waals surface area contributed by atoms with Gasteiger partial charge < -0.3 is 10.6 Å². The minimum atomic E-state index is 0.205. The predicted molar refractivity (Wildman–Crippen MR) is 84.4 cm³/mol. The summed E-state index contributed by atoms with van der Waals surface area (Å²) in [4.78, 5) is 9.32. The number of hydrogen-bond donors (Lipinski definition) is 2. The first-order valence-electron chi connectivity index (χ1n) is 6.82. The lowest BCUT2D eigenvalue weighted by Crippen LogP contribution is -2.27. The summed E-state index contributed by atoms with van der Waals surface area (Å²) in [5.41, 5.74) is 1.10. The number of anilines is 2. The molecule has 106 valence electrons. The van der Waals surface area contributed by atoms with E-state index in [4.69, 9.17) is 4.98 Å². The molecule has 1 saturated carbocycles. The first-order valence-corrected chi connectivity index (χ1v) is 8.04. The molecular weight excluding hydrogens is 256 g/mol. The molecule has 1 aromatic rings. The molecule has 0 spiro atoms. The summed E-state index contributed by atoms with van der Waals surface area (Å²) >= 11 is 1.86. The standard InChI is InChI=1S/C14H24N4S/c1-9-11(15-4)17-13(10-6-7-10)18-12(9)16-8-14(2,3)19-5/h10H,6-8H2,1-5H3,(H2,15,16,17,18). The summed E-state index contributed by atoms with van der Waals surface area (Å²) in [5, 5.41) is 6.66. The molecule has 0 aromatic carbocycles. The topological polar surface area (TPSA) is 49.8 Å². The molecular formula is C14H24N4S. The maximum Gasteiger partial charge on any atom is 0.136 e. The van der Waals surface area contributed by atoms with E-state index < -0.39 is 0 Å². The highest BCUT2D eigenvalue weighted by molar-refractivity contribution is 7.99. The van der Waals surface area contributed by atoms with Crippen LogP contribution in [0.4, 0.5) is 11.6 Å². The fourth-order valence-electron chi connectivity index (χ4n) is 1.84. The molecule has 2 N–H and O–H groups in total. The smallest absolute Gasteiger partial charge is 0.136 e. The van der Waals surface area contributed by atoms with Crippen molar-refractivity contribution in [2.75, 3.05) is 30.5 Å². The van der Waals surface area contributed by atoms with E-state index in [1.54, 1.807) is 0 Å². The molecule has 0 bridgehead atoms. The molecule has 0 aliphatic heterocycles. The molecule has 1 aliphatic rings. The Morgan fingerprint density at radius 2 is 1.89 bits per heavy atom. The molecule has 1 fully saturated rings. The molecule has 0 amide bonds. The lowest BCUT2D eigenvalue weighted by atomic mass is 10.2. The summed E-state index contributed by atoms with van der Waals surface area (Å²) < 4.78 is 0.205. The second-order valence-electron chi connectivity index (χ2n) is 5.75. The van der Waals surface area contributed by atoms with Gasteiger partial charge in [-0.15, -0.1) is 0 Å². The van der Waals surface area contributed by atoms with Crippen LogP contribution in [0.3, 0.4) is 0 Å². The highest BCUT2D eigenvalue weighted by atomic mass is 32.2. The fourth-order valence-corrected chi connectivity index (χ4v) is 2.06. The van der Waals surface area contributed by atoms with Crippen LogP contribution in [0, 0.1) is 6.92 Å². The van der Waals surface area contributed by atoms with E-state index in [1.807, 2.05) is 18.8 Å². The Hall–Kier alpha value is -0.970. The van der Waals surface area contributed by atoms with Crippen molar-refractivity contribution in [2.24, 2.45) is 0 Å². The van der Waals surface area contributed by atoms with Gasteiger partial charge in [-0.1, -0.05) is 0 Å². The van der Waals surface area contributed by atoms with Crippen LogP contribution in [0.25, 0.3) is 0 Å². The Bertz CT molecular complexity index is 455. The lowest BCUT2D eigenvalue weighted by Gasteiger charge is -2.23. The Balaban J connectivity index is 2.20. The predicted octanol–water partition coefficient (Wildman–Crippen LogP) is 3.26. The van der Waals surface area contributed by atoms with Crippen molar-refractivity contribution in [2.45, 2.75) is 44.3 Å². The van der Waals surface area contributed by atoms with Gasteiger partial charge in [-0.2, -0.15) is 11.8 Å². The molecule has 0 radical (unpaired) electrons.